The second-order valence-corrected chi connectivity index (χ2v) is 6.13. The highest BCUT2D eigenvalue weighted by Gasteiger charge is 2.32. The van der Waals surface area contributed by atoms with E-state index in [1.54, 1.807) is 0 Å². The minimum Gasteiger partial charge on any atom is -0.378 e. The van der Waals surface area contributed by atoms with Gasteiger partial charge >= 0.3 is 0 Å². The quantitative estimate of drug-likeness (QED) is 0.740. The molecule has 0 bridgehead atoms. The van der Waals surface area contributed by atoms with Gasteiger partial charge in [-0.2, -0.15) is 0 Å². The van der Waals surface area contributed by atoms with Crippen LogP contribution in [0.1, 0.15) is 29.3 Å². The SMILES string of the molecule is Cc1cc(Br)c(C(=O)C2CCOC2C)cc1Br. The molecule has 1 fully saturated rings. The number of ketones is 1. The Kier molecular flexibility index (Phi) is 4.06. The molecule has 17 heavy (non-hydrogen) atoms. The number of ether oxygens (including phenoxy) is 1. The van der Waals surface area contributed by atoms with Gasteiger partial charge in [0.2, 0.25) is 0 Å². The van der Waals surface area contributed by atoms with Crippen LogP contribution in [0.2, 0.25) is 0 Å². The standard InChI is InChI=1S/C13H14Br2O2/c1-7-5-12(15)10(6-11(7)14)13(16)9-3-4-17-8(9)2/h5-6,8-9H,3-4H2,1-2H3. The molecule has 1 aliphatic heterocycles. The van der Waals surface area contributed by atoms with Crippen molar-refractivity contribution in [3.63, 3.8) is 0 Å². The van der Waals surface area contributed by atoms with E-state index in [1.165, 1.54) is 0 Å². The molecule has 0 amide bonds. The number of halogens is 2. The van der Waals surface area contributed by atoms with Crippen molar-refractivity contribution in [1.82, 2.24) is 0 Å². The van der Waals surface area contributed by atoms with E-state index in [0.29, 0.717) is 6.61 Å². The van der Waals surface area contributed by atoms with E-state index in [-0.39, 0.29) is 17.8 Å². The highest BCUT2D eigenvalue weighted by atomic mass is 79.9. The van der Waals surface area contributed by atoms with Crippen LogP contribution in [0.3, 0.4) is 0 Å². The number of carbonyl (C=O) groups is 1. The summed E-state index contributed by atoms with van der Waals surface area (Å²) in [5.74, 6) is 0.156. The third kappa shape index (κ3) is 2.64. The fraction of sp³-hybridized carbons (Fsp3) is 0.462. The van der Waals surface area contributed by atoms with Gasteiger partial charge in [-0.25, -0.2) is 0 Å². The lowest BCUT2D eigenvalue weighted by molar-refractivity contribution is 0.0763. The van der Waals surface area contributed by atoms with Gasteiger partial charge in [-0.1, -0.05) is 31.9 Å². The molecule has 0 aliphatic carbocycles. The molecule has 1 aliphatic rings. The summed E-state index contributed by atoms with van der Waals surface area (Å²) >= 11 is 6.93. The topological polar surface area (TPSA) is 26.3 Å². The molecular weight excluding hydrogens is 348 g/mol. The van der Waals surface area contributed by atoms with Crippen molar-refractivity contribution < 1.29 is 9.53 Å². The first-order chi connectivity index (χ1) is 8.00. The number of benzene rings is 1. The third-order valence-electron chi connectivity index (χ3n) is 3.23. The van der Waals surface area contributed by atoms with Crippen molar-refractivity contribution >= 4 is 37.6 Å². The molecule has 2 unspecified atom stereocenters. The third-order valence-corrected chi connectivity index (χ3v) is 4.74. The molecule has 0 N–H and O–H groups in total. The first-order valence-corrected chi connectivity index (χ1v) is 7.20. The maximum absolute atomic E-state index is 12.4. The highest BCUT2D eigenvalue weighted by molar-refractivity contribution is 9.11. The Morgan fingerprint density at radius 1 is 1.35 bits per heavy atom. The van der Waals surface area contributed by atoms with E-state index in [0.717, 1.165) is 26.5 Å². The fourth-order valence-electron chi connectivity index (χ4n) is 2.11. The Labute approximate surface area is 118 Å². The van der Waals surface area contributed by atoms with Crippen LogP contribution in [0.25, 0.3) is 0 Å². The second-order valence-electron chi connectivity index (χ2n) is 4.42. The Morgan fingerprint density at radius 2 is 2.06 bits per heavy atom. The van der Waals surface area contributed by atoms with E-state index in [4.69, 9.17) is 4.74 Å². The normalized spacial score (nSPS) is 24.0. The molecule has 4 heteroatoms. The lowest BCUT2D eigenvalue weighted by Crippen LogP contribution is -2.22. The number of carbonyl (C=O) groups excluding carboxylic acids is 1. The number of aryl methyl sites for hydroxylation is 1. The molecule has 2 nitrogen and oxygen atoms in total. The van der Waals surface area contributed by atoms with Gasteiger partial charge in [0, 0.05) is 21.1 Å². The summed E-state index contributed by atoms with van der Waals surface area (Å²) in [6.07, 6.45) is 0.840. The molecule has 0 aromatic heterocycles. The molecule has 1 heterocycles. The minimum atomic E-state index is -0.0130. The van der Waals surface area contributed by atoms with Crippen molar-refractivity contribution in [1.29, 1.82) is 0 Å². The van der Waals surface area contributed by atoms with E-state index in [1.807, 2.05) is 26.0 Å². The minimum absolute atomic E-state index is 0.0130. The Hall–Kier alpha value is -0.190. The van der Waals surface area contributed by atoms with Crippen LogP contribution < -0.4 is 0 Å². The Bertz CT molecular complexity index is 457. The van der Waals surface area contributed by atoms with Gasteiger partial charge in [0.15, 0.2) is 5.78 Å². The lowest BCUT2D eigenvalue weighted by atomic mass is 9.92. The van der Waals surface area contributed by atoms with Gasteiger partial charge < -0.3 is 4.74 Å². The first-order valence-electron chi connectivity index (χ1n) is 5.62. The van der Waals surface area contributed by atoms with E-state index >= 15 is 0 Å². The van der Waals surface area contributed by atoms with Gasteiger partial charge in [-0.3, -0.25) is 4.79 Å². The van der Waals surface area contributed by atoms with E-state index < -0.39 is 0 Å². The molecule has 1 aromatic carbocycles. The van der Waals surface area contributed by atoms with Crippen molar-refractivity contribution in [2.45, 2.75) is 26.4 Å². The summed E-state index contributed by atoms with van der Waals surface area (Å²) < 4.78 is 7.29. The van der Waals surface area contributed by atoms with Crippen molar-refractivity contribution in [3.8, 4) is 0 Å². The van der Waals surface area contributed by atoms with Crippen molar-refractivity contribution in [2.75, 3.05) is 6.61 Å². The summed E-state index contributed by atoms with van der Waals surface area (Å²) in [6, 6.07) is 3.87. The molecule has 2 atom stereocenters. The van der Waals surface area contributed by atoms with Gasteiger partial charge in [0.05, 0.1) is 12.0 Å². The molecule has 0 radical (unpaired) electrons. The number of hydrogen-bond donors (Lipinski definition) is 0. The maximum Gasteiger partial charge on any atom is 0.169 e. The van der Waals surface area contributed by atoms with Crippen LogP contribution in [0, 0.1) is 12.8 Å². The molecule has 2 rings (SSSR count). The predicted molar refractivity (Wildman–Crippen MR) is 74.4 cm³/mol. The van der Waals surface area contributed by atoms with Crippen molar-refractivity contribution in [3.05, 3.63) is 32.2 Å². The van der Waals surface area contributed by atoms with Crippen LogP contribution in [-0.2, 0) is 4.74 Å². The summed E-state index contributed by atoms with van der Waals surface area (Å²) in [6.45, 7) is 4.65. The smallest absolute Gasteiger partial charge is 0.169 e. The predicted octanol–water partition coefficient (Wildman–Crippen LogP) is 4.13. The van der Waals surface area contributed by atoms with Gasteiger partial charge in [-0.05, 0) is 38.0 Å². The van der Waals surface area contributed by atoms with Gasteiger partial charge in [0.1, 0.15) is 0 Å². The molecular formula is C13H14Br2O2. The average Bonchev–Trinajstić information content (AvgIpc) is 2.69. The van der Waals surface area contributed by atoms with E-state index in [9.17, 15) is 4.79 Å². The van der Waals surface area contributed by atoms with E-state index in [2.05, 4.69) is 31.9 Å². The maximum atomic E-state index is 12.4. The van der Waals surface area contributed by atoms with Crippen LogP contribution >= 0.6 is 31.9 Å². The zero-order valence-corrected chi connectivity index (χ0v) is 13.0. The van der Waals surface area contributed by atoms with Gasteiger partial charge in [0.25, 0.3) is 0 Å². The molecule has 0 spiro atoms. The molecule has 1 aromatic rings. The molecule has 92 valence electrons. The average molecular weight is 362 g/mol. The summed E-state index contributed by atoms with van der Waals surface area (Å²) in [4.78, 5) is 12.4. The summed E-state index contributed by atoms with van der Waals surface area (Å²) in [7, 11) is 0. The molecule has 0 saturated carbocycles. The van der Waals surface area contributed by atoms with Crippen LogP contribution in [0.15, 0.2) is 21.1 Å². The summed E-state index contributed by atoms with van der Waals surface area (Å²) in [5, 5.41) is 0. The second kappa shape index (κ2) is 5.21. The fourth-order valence-corrected chi connectivity index (χ4v) is 3.11. The molecule has 1 saturated heterocycles. The zero-order valence-electron chi connectivity index (χ0n) is 9.80. The first kappa shape index (κ1) is 13.2. The number of hydrogen-bond acceptors (Lipinski definition) is 2. The Morgan fingerprint density at radius 3 is 2.65 bits per heavy atom. The zero-order chi connectivity index (χ0) is 12.6. The lowest BCUT2D eigenvalue weighted by Gasteiger charge is -2.14. The van der Waals surface area contributed by atoms with Crippen molar-refractivity contribution in [2.24, 2.45) is 5.92 Å². The van der Waals surface area contributed by atoms with Crippen LogP contribution in [0.5, 0.6) is 0 Å². The van der Waals surface area contributed by atoms with Gasteiger partial charge in [-0.15, -0.1) is 0 Å². The monoisotopic (exact) mass is 360 g/mol. The summed E-state index contributed by atoms with van der Waals surface area (Å²) in [5.41, 5.74) is 1.86. The Balaban J connectivity index is 2.34. The number of rotatable bonds is 2. The highest BCUT2D eigenvalue weighted by Crippen LogP contribution is 2.31. The number of Topliss-reactive ketones (excluding diaryl/α,β-unsaturated/α-hetero) is 1. The largest absolute Gasteiger partial charge is 0.378 e. The van der Waals surface area contributed by atoms with Crippen LogP contribution in [-0.4, -0.2) is 18.5 Å². The van der Waals surface area contributed by atoms with Crippen LogP contribution in [0.4, 0.5) is 0 Å².